The lowest BCUT2D eigenvalue weighted by molar-refractivity contribution is -0.146. The molecule has 1 aromatic carbocycles. The summed E-state index contributed by atoms with van der Waals surface area (Å²) in [7, 11) is 0. The SMILES string of the molecule is CC(C)OC(=O)C(Br)CCCc1ccc(F)cc1. The van der Waals surface area contributed by atoms with E-state index >= 15 is 0 Å². The van der Waals surface area contributed by atoms with Crippen molar-refractivity contribution in [2.45, 2.75) is 44.0 Å². The number of rotatable bonds is 6. The highest BCUT2D eigenvalue weighted by molar-refractivity contribution is 9.10. The first-order valence-electron chi connectivity index (χ1n) is 6.08. The molecule has 0 fully saturated rings. The number of halogens is 2. The standard InChI is InChI=1S/C14H18BrFO2/c1-10(2)18-14(17)13(15)5-3-4-11-6-8-12(16)9-7-11/h6-10,13H,3-5H2,1-2H3. The Bertz CT molecular complexity index is 376. The molecule has 0 aliphatic rings. The van der Waals surface area contributed by atoms with Crippen molar-refractivity contribution in [1.29, 1.82) is 0 Å². The Kier molecular flexibility index (Phi) is 6.33. The van der Waals surface area contributed by atoms with Crippen LogP contribution in [0.3, 0.4) is 0 Å². The van der Waals surface area contributed by atoms with Crippen LogP contribution in [0.25, 0.3) is 0 Å². The van der Waals surface area contributed by atoms with E-state index in [9.17, 15) is 9.18 Å². The Labute approximate surface area is 116 Å². The lowest BCUT2D eigenvalue weighted by atomic mass is 10.1. The second kappa shape index (κ2) is 7.52. The Hall–Kier alpha value is -0.900. The number of ether oxygens (including phenoxy) is 1. The zero-order valence-electron chi connectivity index (χ0n) is 10.7. The smallest absolute Gasteiger partial charge is 0.319 e. The molecule has 0 N–H and O–H groups in total. The van der Waals surface area contributed by atoms with Crippen molar-refractivity contribution in [3.8, 4) is 0 Å². The molecule has 100 valence electrons. The molecule has 1 rings (SSSR count). The largest absolute Gasteiger partial charge is 0.462 e. The average molecular weight is 317 g/mol. The molecule has 1 atom stereocenters. The highest BCUT2D eigenvalue weighted by Crippen LogP contribution is 2.14. The number of hydrogen-bond donors (Lipinski definition) is 0. The molecule has 1 aromatic rings. The van der Waals surface area contributed by atoms with Crippen molar-refractivity contribution in [3.63, 3.8) is 0 Å². The molecule has 0 heterocycles. The van der Waals surface area contributed by atoms with Crippen LogP contribution >= 0.6 is 15.9 Å². The first-order valence-corrected chi connectivity index (χ1v) is 6.99. The van der Waals surface area contributed by atoms with Gasteiger partial charge in [0.25, 0.3) is 0 Å². The first kappa shape index (κ1) is 15.2. The number of carbonyl (C=O) groups is 1. The molecular formula is C14H18BrFO2. The molecule has 0 aliphatic heterocycles. The predicted octanol–water partition coefficient (Wildman–Crippen LogP) is 3.86. The van der Waals surface area contributed by atoms with Gasteiger partial charge < -0.3 is 4.74 Å². The summed E-state index contributed by atoms with van der Waals surface area (Å²) >= 11 is 3.32. The van der Waals surface area contributed by atoms with Crippen molar-refractivity contribution in [2.24, 2.45) is 0 Å². The molecule has 1 unspecified atom stereocenters. The summed E-state index contributed by atoms with van der Waals surface area (Å²) in [6, 6.07) is 6.44. The van der Waals surface area contributed by atoms with Gasteiger partial charge in [-0.2, -0.15) is 0 Å². The van der Waals surface area contributed by atoms with E-state index in [2.05, 4.69) is 15.9 Å². The van der Waals surface area contributed by atoms with Crippen LogP contribution in [-0.2, 0) is 16.0 Å². The highest BCUT2D eigenvalue weighted by Gasteiger charge is 2.16. The van der Waals surface area contributed by atoms with Crippen LogP contribution in [0.2, 0.25) is 0 Å². The zero-order valence-corrected chi connectivity index (χ0v) is 12.2. The molecule has 2 nitrogen and oxygen atoms in total. The average Bonchev–Trinajstić information content (AvgIpc) is 2.30. The van der Waals surface area contributed by atoms with E-state index < -0.39 is 0 Å². The van der Waals surface area contributed by atoms with Crippen molar-refractivity contribution in [2.75, 3.05) is 0 Å². The van der Waals surface area contributed by atoms with E-state index in [4.69, 9.17) is 4.74 Å². The van der Waals surface area contributed by atoms with Crippen LogP contribution in [0.5, 0.6) is 0 Å². The third-order valence-electron chi connectivity index (χ3n) is 2.44. The summed E-state index contributed by atoms with van der Waals surface area (Å²) in [5.41, 5.74) is 1.08. The Morgan fingerprint density at radius 1 is 1.33 bits per heavy atom. The highest BCUT2D eigenvalue weighted by atomic mass is 79.9. The van der Waals surface area contributed by atoms with Gasteiger partial charge in [-0.05, 0) is 50.8 Å². The molecule has 0 radical (unpaired) electrons. The van der Waals surface area contributed by atoms with Crippen molar-refractivity contribution < 1.29 is 13.9 Å². The minimum absolute atomic E-state index is 0.0883. The minimum Gasteiger partial charge on any atom is -0.462 e. The fraction of sp³-hybridized carbons (Fsp3) is 0.500. The number of benzene rings is 1. The van der Waals surface area contributed by atoms with E-state index in [-0.39, 0.29) is 22.7 Å². The molecule has 0 saturated heterocycles. The van der Waals surface area contributed by atoms with Crippen LogP contribution in [0.4, 0.5) is 4.39 Å². The molecule has 0 aromatic heterocycles. The van der Waals surface area contributed by atoms with E-state index in [0.29, 0.717) is 6.42 Å². The van der Waals surface area contributed by atoms with Gasteiger partial charge in [0.15, 0.2) is 0 Å². The second-order valence-electron chi connectivity index (χ2n) is 4.47. The van der Waals surface area contributed by atoms with Crippen LogP contribution < -0.4 is 0 Å². The van der Waals surface area contributed by atoms with Crippen molar-refractivity contribution >= 4 is 21.9 Å². The van der Waals surface area contributed by atoms with Gasteiger partial charge in [0.05, 0.1) is 6.10 Å². The maximum absolute atomic E-state index is 12.7. The summed E-state index contributed by atoms with van der Waals surface area (Å²) < 4.78 is 17.8. The van der Waals surface area contributed by atoms with Crippen LogP contribution in [0, 0.1) is 5.82 Å². The van der Waals surface area contributed by atoms with E-state index in [1.165, 1.54) is 12.1 Å². The Morgan fingerprint density at radius 2 is 1.94 bits per heavy atom. The summed E-state index contributed by atoms with van der Waals surface area (Å²) in [5.74, 6) is -0.443. The Morgan fingerprint density at radius 3 is 2.50 bits per heavy atom. The predicted molar refractivity (Wildman–Crippen MR) is 73.3 cm³/mol. The molecule has 0 bridgehead atoms. The monoisotopic (exact) mass is 316 g/mol. The normalized spacial score (nSPS) is 12.5. The quantitative estimate of drug-likeness (QED) is 0.588. The van der Waals surface area contributed by atoms with Crippen molar-refractivity contribution in [3.05, 3.63) is 35.6 Å². The van der Waals surface area contributed by atoms with E-state index in [0.717, 1.165) is 18.4 Å². The fourth-order valence-corrected chi connectivity index (χ4v) is 1.99. The fourth-order valence-electron chi connectivity index (χ4n) is 1.56. The summed E-state index contributed by atoms with van der Waals surface area (Å²) in [6.45, 7) is 3.66. The van der Waals surface area contributed by atoms with Gasteiger partial charge in [-0.25, -0.2) is 4.39 Å². The molecule has 4 heteroatoms. The van der Waals surface area contributed by atoms with Crippen LogP contribution in [0.15, 0.2) is 24.3 Å². The zero-order chi connectivity index (χ0) is 13.5. The lowest BCUT2D eigenvalue weighted by Gasteiger charge is -2.12. The topological polar surface area (TPSA) is 26.3 Å². The Balaban J connectivity index is 2.28. The van der Waals surface area contributed by atoms with Crippen LogP contribution in [-0.4, -0.2) is 16.9 Å². The van der Waals surface area contributed by atoms with Crippen LogP contribution in [0.1, 0.15) is 32.3 Å². The molecule has 0 aliphatic carbocycles. The third-order valence-corrected chi connectivity index (χ3v) is 3.28. The molecule has 18 heavy (non-hydrogen) atoms. The molecule has 0 amide bonds. The number of alkyl halides is 1. The van der Waals surface area contributed by atoms with Gasteiger partial charge in [0, 0.05) is 0 Å². The van der Waals surface area contributed by atoms with Gasteiger partial charge in [0.1, 0.15) is 10.6 Å². The maximum atomic E-state index is 12.7. The number of aryl methyl sites for hydroxylation is 1. The van der Waals surface area contributed by atoms with Gasteiger partial charge in [-0.15, -0.1) is 0 Å². The van der Waals surface area contributed by atoms with E-state index in [1.54, 1.807) is 12.1 Å². The minimum atomic E-state index is -0.264. The summed E-state index contributed by atoms with van der Waals surface area (Å²) in [6.07, 6.45) is 2.31. The lowest BCUT2D eigenvalue weighted by Crippen LogP contribution is -2.21. The molecular weight excluding hydrogens is 299 g/mol. The van der Waals surface area contributed by atoms with Crippen molar-refractivity contribution in [1.82, 2.24) is 0 Å². The van der Waals surface area contributed by atoms with Gasteiger partial charge in [-0.3, -0.25) is 4.79 Å². The van der Waals surface area contributed by atoms with Gasteiger partial charge in [0.2, 0.25) is 0 Å². The summed E-state index contributed by atoms with van der Waals surface area (Å²) in [5, 5.41) is 0. The molecule has 0 saturated carbocycles. The van der Waals surface area contributed by atoms with Gasteiger partial charge >= 0.3 is 5.97 Å². The number of carbonyl (C=O) groups excluding carboxylic acids is 1. The third kappa shape index (κ3) is 5.63. The maximum Gasteiger partial charge on any atom is 0.319 e. The number of hydrogen-bond acceptors (Lipinski definition) is 2. The first-order chi connectivity index (χ1) is 8.49. The summed E-state index contributed by atoms with van der Waals surface area (Å²) in [4.78, 5) is 11.3. The van der Waals surface area contributed by atoms with Gasteiger partial charge in [-0.1, -0.05) is 28.1 Å². The second-order valence-corrected chi connectivity index (χ2v) is 5.58. The number of esters is 1. The van der Waals surface area contributed by atoms with E-state index in [1.807, 2.05) is 13.8 Å². The molecule has 0 spiro atoms.